The number of rotatable bonds is 4. The normalized spacial score (nSPS) is 16.7. The largest absolute Gasteiger partial charge is 0.387 e. The molecule has 0 radical (unpaired) electrons. The average Bonchev–Trinajstić information content (AvgIpc) is 2.62. The van der Waals surface area contributed by atoms with Crippen molar-refractivity contribution in [3.8, 4) is 0 Å². The highest BCUT2D eigenvalue weighted by molar-refractivity contribution is 6.36. The fourth-order valence-corrected chi connectivity index (χ4v) is 3.48. The molecule has 3 rings (SSSR count). The van der Waals surface area contributed by atoms with Gasteiger partial charge in [0.25, 0.3) is 5.91 Å². The molecule has 0 bridgehead atoms. The van der Waals surface area contributed by atoms with Crippen molar-refractivity contribution < 1.29 is 9.90 Å². The molecule has 132 valence electrons. The smallest absolute Gasteiger partial charge is 0.255 e. The van der Waals surface area contributed by atoms with Gasteiger partial charge in [-0.2, -0.15) is 0 Å². The lowest BCUT2D eigenvalue weighted by molar-refractivity contribution is 0.0527. The molecule has 25 heavy (non-hydrogen) atoms. The summed E-state index contributed by atoms with van der Waals surface area (Å²) in [6.07, 6.45) is -0.519. The molecule has 1 amide bonds. The fraction of sp³-hybridized carbons (Fsp3) is 0.316. The summed E-state index contributed by atoms with van der Waals surface area (Å²) in [6, 6.07) is 14.5. The van der Waals surface area contributed by atoms with Crippen molar-refractivity contribution >= 4 is 29.1 Å². The summed E-state index contributed by atoms with van der Waals surface area (Å²) in [7, 11) is 0. The highest BCUT2D eigenvalue weighted by Crippen LogP contribution is 2.23. The molecule has 0 spiro atoms. The van der Waals surface area contributed by atoms with Gasteiger partial charge in [-0.3, -0.25) is 9.69 Å². The molecule has 6 heteroatoms. The minimum Gasteiger partial charge on any atom is -0.387 e. The first kappa shape index (κ1) is 18.2. The van der Waals surface area contributed by atoms with Gasteiger partial charge in [-0.05, 0) is 23.8 Å². The average molecular weight is 379 g/mol. The van der Waals surface area contributed by atoms with Crippen molar-refractivity contribution in [2.45, 2.75) is 6.10 Å². The maximum Gasteiger partial charge on any atom is 0.255 e. The number of piperazine rings is 1. The van der Waals surface area contributed by atoms with Crippen LogP contribution in [0, 0.1) is 0 Å². The van der Waals surface area contributed by atoms with Crippen LogP contribution in [0.25, 0.3) is 0 Å². The van der Waals surface area contributed by atoms with Crippen LogP contribution < -0.4 is 0 Å². The minimum atomic E-state index is -0.519. The van der Waals surface area contributed by atoms with Gasteiger partial charge in [0.1, 0.15) is 0 Å². The van der Waals surface area contributed by atoms with E-state index >= 15 is 0 Å². The fourth-order valence-electron chi connectivity index (χ4n) is 2.99. The van der Waals surface area contributed by atoms with Gasteiger partial charge < -0.3 is 10.0 Å². The van der Waals surface area contributed by atoms with Gasteiger partial charge in [0, 0.05) is 37.7 Å². The number of hydrogen-bond acceptors (Lipinski definition) is 3. The number of hydrogen-bond donors (Lipinski definition) is 1. The van der Waals surface area contributed by atoms with Crippen molar-refractivity contribution in [2.75, 3.05) is 32.7 Å². The van der Waals surface area contributed by atoms with Gasteiger partial charge in [0.15, 0.2) is 0 Å². The van der Waals surface area contributed by atoms with Crippen molar-refractivity contribution in [3.63, 3.8) is 0 Å². The third-order valence-electron chi connectivity index (χ3n) is 4.44. The predicted octanol–water partition coefficient (Wildman–Crippen LogP) is 3.48. The summed E-state index contributed by atoms with van der Waals surface area (Å²) in [4.78, 5) is 16.6. The summed E-state index contributed by atoms with van der Waals surface area (Å²) < 4.78 is 0. The summed E-state index contributed by atoms with van der Waals surface area (Å²) in [5, 5.41) is 11.2. The van der Waals surface area contributed by atoms with Crippen LogP contribution in [0.15, 0.2) is 48.5 Å². The molecule has 1 N–H and O–H groups in total. The first-order valence-corrected chi connectivity index (χ1v) is 9.00. The molecular formula is C19H20Cl2N2O2. The molecule has 2 aromatic rings. The molecule has 1 atom stereocenters. The lowest BCUT2D eigenvalue weighted by Crippen LogP contribution is -2.49. The molecular weight excluding hydrogens is 359 g/mol. The highest BCUT2D eigenvalue weighted by Gasteiger charge is 2.24. The number of β-amino-alcohol motifs (C(OH)–C–C–N with tert-alkyl or cyclic N) is 1. The van der Waals surface area contributed by atoms with E-state index < -0.39 is 6.10 Å². The van der Waals surface area contributed by atoms with Gasteiger partial charge >= 0.3 is 0 Å². The van der Waals surface area contributed by atoms with Crippen molar-refractivity contribution in [1.82, 2.24) is 9.80 Å². The zero-order chi connectivity index (χ0) is 17.8. The Morgan fingerprint density at radius 3 is 2.36 bits per heavy atom. The quantitative estimate of drug-likeness (QED) is 0.885. The van der Waals surface area contributed by atoms with Gasteiger partial charge in [-0.1, -0.05) is 53.5 Å². The Morgan fingerprint density at radius 2 is 1.72 bits per heavy atom. The first-order valence-electron chi connectivity index (χ1n) is 8.24. The molecule has 0 aromatic heterocycles. The molecule has 1 fully saturated rings. The molecule has 4 nitrogen and oxygen atoms in total. The Balaban J connectivity index is 1.55. The van der Waals surface area contributed by atoms with Crippen LogP contribution in [-0.4, -0.2) is 53.5 Å². The van der Waals surface area contributed by atoms with E-state index in [4.69, 9.17) is 23.2 Å². The summed E-state index contributed by atoms with van der Waals surface area (Å²) in [6.45, 7) is 3.23. The van der Waals surface area contributed by atoms with Gasteiger partial charge in [-0.25, -0.2) is 0 Å². The van der Waals surface area contributed by atoms with Crippen molar-refractivity contribution in [2.24, 2.45) is 0 Å². The number of carbonyl (C=O) groups excluding carboxylic acids is 1. The zero-order valence-corrected chi connectivity index (χ0v) is 15.2. The van der Waals surface area contributed by atoms with Gasteiger partial charge in [-0.15, -0.1) is 0 Å². The second-order valence-electron chi connectivity index (χ2n) is 6.14. The van der Waals surface area contributed by atoms with Crippen molar-refractivity contribution in [3.05, 3.63) is 69.7 Å². The zero-order valence-electron chi connectivity index (χ0n) is 13.7. The Kier molecular flexibility index (Phi) is 5.97. The van der Waals surface area contributed by atoms with Crippen LogP contribution >= 0.6 is 23.2 Å². The lowest BCUT2D eigenvalue weighted by Gasteiger charge is -2.35. The third-order valence-corrected chi connectivity index (χ3v) is 4.98. The maximum atomic E-state index is 12.6. The van der Waals surface area contributed by atoms with Crippen LogP contribution in [-0.2, 0) is 0 Å². The molecule has 1 heterocycles. The van der Waals surface area contributed by atoms with E-state index in [1.807, 2.05) is 30.3 Å². The topological polar surface area (TPSA) is 43.8 Å². The number of aliphatic hydroxyl groups is 1. The maximum absolute atomic E-state index is 12.6. The van der Waals surface area contributed by atoms with Gasteiger partial charge in [0.2, 0.25) is 0 Å². The number of carbonyl (C=O) groups is 1. The number of aliphatic hydroxyl groups excluding tert-OH is 1. The third kappa shape index (κ3) is 4.53. The number of benzene rings is 2. The second kappa shape index (κ2) is 8.19. The van der Waals surface area contributed by atoms with Crippen LogP contribution in [0.5, 0.6) is 0 Å². The van der Waals surface area contributed by atoms with E-state index in [9.17, 15) is 9.90 Å². The van der Waals surface area contributed by atoms with E-state index in [2.05, 4.69) is 4.90 Å². The van der Waals surface area contributed by atoms with Crippen LogP contribution in [0.1, 0.15) is 22.0 Å². The summed E-state index contributed by atoms with van der Waals surface area (Å²) in [5.74, 6) is -0.0788. The SMILES string of the molecule is O=C(c1ccc(Cl)cc1Cl)N1CCN(C[C@@H](O)c2ccccc2)CC1. The monoisotopic (exact) mass is 378 g/mol. The van der Waals surface area contributed by atoms with E-state index in [1.165, 1.54) is 0 Å². The van der Waals surface area contributed by atoms with E-state index in [-0.39, 0.29) is 5.91 Å². The summed E-state index contributed by atoms with van der Waals surface area (Å²) >= 11 is 12.0. The molecule has 0 aliphatic carbocycles. The lowest BCUT2D eigenvalue weighted by atomic mass is 10.1. The molecule has 2 aromatic carbocycles. The molecule has 0 saturated carbocycles. The standard InChI is InChI=1S/C19H20Cl2N2O2/c20-15-6-7-16(17(21)12-15)19(25)23-10-8-22(9-11-23)13-18(24)14-4-2-1-3-5-14/h1-7,12,18,24H,8-11,13H2/t18-/m1/s1. The Hall–Kier alpha value is -1.59. The van der Waals surface area contributed by atoms with Crippen molar-refractivity contribution in [1.29, 1.82) is 0 Å². The number of halogens is 2. The molecule has 1 aliphatic heterocycles. The Morgan fingerprint density at radius 1 is 1.04 bits per heavy atom. The molecule has 1 saturated heterocycles. The van der Waals surface area contributed by atoms with Crippen LogP contribution in [0.2, 0.25) is 10.0 Å². The highest BCUT2D eigenvalue weighted by atomic mass is 35.5. The van der Waals surface area contributed by atoms with Crippen LogP contribution in [0.4, 0.5) is 0 Å². The predicted molar refractivity (Wildman–Crippen MR) is 100 cm³/mol. The number of amides is 1. The summed E-state index contributed by atoms with van der Waals surface area (Å²) in [5.41, 5.74) is 1.39. The first-order chi connectivity index (χ1) is 12.0. The molecule has 0 unspecified atom stereocenters. The van der Waals surface area contributed by atoms with E-state index in [0.717, 1.165) is 18.7 Å². The number of nitrogens with zero attached hydrogens (tertiary/aromatic N) is 2. The van der Waals surface area contributed by atoms with Crippen LogP contribution in [0.3, 0.4) is 0 Å². The Bertz CT molecular complexity index is 731. The Labute approximate surface area is 157 Å². The minimum absolute atomic E-state index is 0.0788. The molecule has 1 aliphatic rings. The van der Waals surface area contributed by atoms with Gasteiger partial charge in [0.05, 0.1) is 16.7 Å². The van der Waals surface area contributed by atoms with E-state index in [0.29, 0.717) is 35.2 Å². The van der Waals surface area contributed by atoms with E-state index in [1.54, 1.807) is 23.1 Å². The second-order valence-corrected chi connectivity index (χ2v) is 6.99.